The van der Waals surface area contributed by atoms with Gasteiger partial charge < -0.3 is 19.1 Å². The van der Waals surface area contributed by atoms with Crippen LogP contribution in [0.3, 0.4) is 0 Å². The van der Waals surface area contributed by atoms with E-state index in [2.05, 4.69) is 4.90 Å². The van der Waals surface area contributed by atoms with E-state index in [4.69, 9.17) is 26.4 Å². The molecule has 0 N–H and O–H groups in total. The maximum absolute atomic E-state index is 5.57. The van der Waals surface area contributed by atoms with E-state index >= 15 is 0 Å². The molecule has 0 amide bonds. The van der Waals surface area contributed by atoms with Crippen LogP contribution in [0.2, 0.25) is 0 Å². The molecule has 0 aromatic heterocycles. The second-order valence-electron chi connectivity index (χ2n) is 4.26. The van der Waals surface area contributed by atoms with Crippen LogP contribution in [0.1, 0.15) is 5.56 Å². The summed E-state index contributed by atoms with van der Waals surface area (Å²) in [5.74, 6) is 1.59. The molecule has 96 valence electrons. The molecule has 1 saturated heterocycles. The van der Waals surface area contributed by atoms with Crippen molar-refractivity contribution in [2.24, 2.45) is 0 Å². The summed E-state index contributed by atoms with van der Waals surface area (Å²) in [6, 6.07) is 5.88. The third-order valence-corrected chi connectivity index (χ3v) is 3.58. The van der Waals surface area contributed by atoms with Gasteiger partial charge in [-0.05, 0) is 18.2 Å². The molecular formula is C13H15NO3S. The van der Waals surface area contributed by atoms with Gasteiger partial charge in [-0.2, -0.15) is 0 Å². The van der Waals surface area contributed by atoms with Crippen LogP contribution in [-0.2, 0) is 4.74 Å². The van der Waals surface area contributed by atoms with Gasteiger partial charge in [0.25, 0.3) is 0 Å². The smallest absolute Gasteiger partial charge is 0.162 e. The Labute approximate surface area is 111 Å². The molecule has 3 rings (SSSR count). The van der Waals surface area contributed by atoms with E-state index in [1.165, 1.54) is 0 Å². The van der Waals surface area contributed by atoms with Gasteiger partial charge in [0, 0.05) is 18.7 Å². The molecule has 0 unspecified atom stereocenters. The van der Waals surface area contributed by atoms with E-state index in [1.807, 2.05) is 18.2 Å². The monoisotopic (exact) mass is 265 g/mol. The number of thiocarbonyl (C=S) groups is 1. The second kappa shape index (κ2) is 5.12. The van der Waals surface area contributed by atoms with Crippen LogP contribution in [0.5, 0.6) is 11.5 Å². The van der Waals surface area contributed by atoms with E-state index in [0.717, 1.165) is 48.4 Å². The zero-order valence-electron chi connectivity index (χ0n) is 10.1. The van der Waals surface area contributed by atoms with E-state index in [0.29, 0.717) is 13.2 Å². The standard InChI is InChI=1S/C13H15NO3S/c18-13(14-3-5-15-6-4-14)10-1-2-11-12(9-10)17-8-7-16-11/h1-2,9H,3-8H2. The van der Waals surface area contributed by atoms with E-state index < -0.39 is 0 Å². The fraction of sp³-hybridized carbons (Fsp3) is 0.462. The highest BCUT2D eigenvalue weighted by Gasteiger charge is 2.18. The molecule has 2 heterocycles. The Morgan fingerprint density at radius 1 is 1.00 bits per heavy atom. The number of ether oxygens (including phenoxy) is 3. The molecule has 1 aromatic carbocycles. The Kier molecular flexibility index (Phi) is 3.34. The van der Waals surface area contributed by atoms with Crippen molar-refractivity contribution >= 4 is 17.2 Å². The first-order valence-corrected chi connectivity index (χ1v) is 6.52. The van der Waals surface area contributed by atoms with Crippen LogP contribution in [0.25, 0.3) is 0 Å². The fourth-order valence-corrected chi connectivity index (χ4v) is 2.43. The molecule has 0 bridgehead atoms. The van der Waals surface area contributed by atoms with Crippen molar-refractivity contribution in [2.45, 2.75) is 0 Å². The number of benzene rings is 1. The third-order valence-electron chi connectivity index (χ3n) is 3.09. The molecule has 0 spiro atoms. The minimum Gasteiger partial charge on any atom is -0.486 e. The number of fused-ring (bicyclic) bond motifs is 1. The minimum atomic E-state index is 0.598. The summed E-state index contributed by atoms with van der Waals surface area (Å²) in [6.07, 6.45) is 0. The lowest BCUT2D eigenvalue weighted by Gasteiger charge is -2.29. The average Bonchev–Trinajstić information content (AvgIpc) is 2.47. The molecule has 1 aromatic rings. The van der Waals surface area contributed by atoms with Crippen LogP contribution in [0.15, 0.2) is 18.2 Å². The zero-order valence-corrected chi connectivity index (χ0v) is 10.9. The lowest BCUT2D eigenvalue weighted by Crippen LogP contribution is -2.40. The van der Waals surface area contributed by atoms with Gasteiger partial charge >= 0.3 is 0 Å². The van der Waals surface area contributed by atoms with Crippen molar-refractivity contribution in [3.63, 3.8) is 0 Å². The summed E-state index contributed by atoms with van der Waals surface area (Å²) < 4.78 is 16.4. The van der Waals surface area contributed by atoms with Crippen molar-refractivity contribution in [1.82, 2.24) is 4.90 Å². The summed E-state index contributed by atoms with van der Waals surface area (Å²) >= 11 is 5.52. The summed E-state index contributed by atoms with van der Waals surface area (Å²) in [5, 5.41) is 0. The molecule has 1 fully saturated rings. The van der Waals surface area contributed by atoms with Gasteiger partial charge in [0.15, 0.2) is 11.5 Å². The first-order valence-electron chi connectivity index (χ1n) is 6.11. The Hall–Kier alpha value is -1.33. The lowest BCUT2D eigenvalue weighted by molar-refractivity contribution is 0.0692. The predicted molar refractivity (Wildman–Crippen MR) is 71.5 cm³/mol. The van der Waals surface area contributed by atoms with Crippen molar-refractivity contribution in [3.8, 4) is 11.5 Å². The SMILES string of the molecule is S=C(c1ccc2c(c1)OCCO2)N1CCOCC1. The van der Waals surface area contributed by atoms with E-state index in [-0.39, 0.29) is 0 Å². The Bertz CT molecular complexity index is 458. The number of hydrogen-bond donors (Lipinski definition) is 0. The highest BCUT2D eigenvalue weighted by Crippen LogP contribution is 2.31. The Morgan fingerprint density at radius 2 is 1.72 bits per heavy atom. The summed E-state index contributed by atoms with van der Waals surface area (Å²) in [6.45, 7) is 4.40. The van der Waals surface area contributed by atoms with Crippen molar-refractivity contribution in [2.75, 3.05) is 39.5 Å². The predicted octanol–water partition coefficient (Wildman–Crippen LogP) is 1.47. The summed E-state index contributed by atoms with van der Waals surface area (Å²) in [4.78, 5) is 3.03. The largest absolute Gasteiger partial charge is 0.486 e. The van der Waals surface area contributed by atoms with Crippen LogP contribution >= 0.6 is 12.2 Å². The lowest BCUT2D eigenvalue weighted by atomic mass is 10.1. The Balaban J connectivity index is 1.80. The van der Waals surface area contributed by atoms with Gasteiger partial charge in [-0.25, -0.2) is 0 Å². The Morgan fingerprint density at radius 3 is 2.50 bits per heavy atom. The van der Waals surface area contributed by atoms with Gasteiger partial charge in [-0.1, -0.05) is 12.2 Å². The van der Waals surface area contributed by atoms with Crippen molar-refractivity contribution in [3.05, 3.63) is 23.8 Å². The molecule has 0 atom stereocenters. The average molecular weight is 265 g/mol. The van der Waals surface area contributed by atoms with Gasteiger partial charge in [0.05, 0.1) is 13.2 Å². The highest BCUT2D eigenvalue weighted by molar-refractivity contribution is 7.80. The quantitative estimate of drug-likeness (QED) is 0.718. The summed E-state index contributed by atoms with van der Waals surface area (Å²) in [7, 11) is 0. The molecule has 4 nitrogen and oxygen atoms in total. The number of morpholine rings is 1. The molecule has 5 heteroatoms. The molecule has 0 radical (unpaired) electrons. The first-order chi connectivity index (χ1) is 8.84. The van der Waals surface area contributed by atoms with Gasteiger partial charge in [-0.3, -0.25) is 0 Å². The maximum atomic E-state index is 5.57. The zero-order chi connectivity index (χ0) is 12.4. The van der Waals surface area contributed by atoms with Crippen LogP contribution in [0, 0.1) is 0 Å². The highest BCUT2D eigenvalue weighted by atomic mass is 32.1. The van der Waals surface area contributed by atoms with Gasteiger partial charge in [0.1, 0.15) is 18.2 Å². The number of hydrogen-bond acceptors (Lipinski definition) is 4. The fourth-order valence-electron chi connectivity index (χ4n) is 2.13. The number of nitrogens with zero attached hydrogens (tertiary/aromatic N) is 1. The molecular weight excluding hydrogens is 250 g/mol. The minimum absolute atomic E-state index is 0.598. The normalized spacial score (nSPS) is 18.6. The van der Waals surface area contributed by atoms with Gasteiger partial charge in [0.2, 0.25) is 0 Å². The molecule has 2 aliphatic heterocycles. The van der Waals surface area contributed by atoms with E-state index in [9.17, 15) is 0 Å². The van der Waals surface area contributed by atoms with Crippen molar-refractivity contribution in [1.29, 1.82) is 0 Å². The van der Waals surface area contributed by atoms with Crippen LogP contribution < -0.4 is 9.47 Å². The molecule has 0 aliphatic carbocycles. The van der Waals surface area contributed by atoms with E-state index in [1.54, 1.807) is 0 Å². The van der Waals surface area contributed by atoms with Crippen LogP contribution in [0.4, 0.5) is 0 Å². The first kappa shape index (κ1) is 11.7. The molecule has 18 heavy (non-hydrogen) atoms. The van der Waals surface area contributed by atoms with Crippen LogP contribution in [-0.4, -0.2) is 49.4 Å². The molecule has 0 saturated carbocycles. The maximum Gasteiger partial charge on any atom is 0.162 e. The van der Waals surface area contributed by atoms with Crippen molar-refractivity contribution < 1.29 is 14.2 Å². The molecule has 2 aliphatic rings. The summed E-state index contributed by atoms with van der Waals surface area (Å²) in [5.41, 5.74) is 1.01. The number of rotatable bonds is 1. The topological polar surface area (TPSA) is 30.9 Å². The van der Waals surface area contributed by atoms with Gasteiger partial charge in [-0.15, -0.1) is 0 Å². The third kappa shape index (κ3) is 2.28. The second-order valence-corrected chi connectivity index (χ2v) is 4.65.